The summed E-state index contributed by atoms with van der Waals surface area (Å²) in [5.74, 6) is 0.876. The van der Waals surface area contributed by atoms with Gasteiger partial charge >= 0.3 is 0 Å². The number of nitrogens with zero attached hydrogens (tertiary/aromatic N) is 6. The molecule has 8 nitrogen and oxygen atoms in total. The van der Waals surface area contributed by atoms with Gasteiger partial charge in [-0.25, -0.2) is 19.9 Å². The SMILES string of the molecule is Cc1cc(C(=O)N2CCC(c3ccc4cc(-c5cncnc5)cnc4n3)CC2)no1. The van der Waals surface area contributed by atoms with Gasteiger partial charge in [0, 0.05) is 65.9 Å². The Balaban J connectivity index is 1.30. The Kier molecular flexibility index (Phi) is 4.66. The molecule has 0 bridgehead atoms. The summed E-state index contributed by atoms with van der Waals surface area (Å²) in [6.07, 6.45) is 8.58. The number of piperidine rings is 1. The lowest BCUT2D eigenvalue weighted by molar-refractivity contribution is 0.0701. The monoisotopic (exact) mass is 400 g/mol. The molecule has 0 radical (unpaired) electrons. The maximum absolute atomic E-state index is 12.5. The van der Waals surface area contributed by atoms with Crippen LogP contribution < -0.4 is 0 Å². The van der Waals surface area contributed by atoms with Crippen LogP contribution in [0.25, 0.3) is 22.2 Å². The molecule has 0 unspecified atom stereocenters. The Morgan fingerprint density at radius 3 is 2.60 bits per heavy atom. The third-order valence-electron chi connectivity index (χ3n) is 5.51. The van der Waals surface area contributed by atoms with E-state index in [1.807, 2.05) is 4.90 Å². The highest BCUT2D eigenvalue weighted by atomic mass is 16.5. The molecule has 4 aromatic rings. The second-order valence-electron chi connectivity index (χ2n) is 7.52. The molecule has 0 spiro atoms. The molecule has 0 saturated carbocycles. The first-order valence-corrected chi connectivity index (χ1v) is 9.92. The first kappa shape index (κ1) is 18.4. The van der Waals surface area contributed by atoms with Crippen molar-refractivity contribution in [3.05, 3.63) is 66.3 Å². The zero-order valence-electron chi connectivity index (χ0n) is 16.5. The highest BCUT2D eigenvalue weighted by Crippen LogP contribution is 2.29. The van der Waals surface area contributed by atoms with Crippen LogP contribution in [0, 0.1) is 6.92 Å². The molecule has 1 saturated heterocycles. The summed E-state index contributed by atoms with van der Waals surface area (Å²) in [4.78, 5) is 31.9. The van der Waals surface area contributed by atoms with Gasteiger partial charge in [0.1, 0.15) is 12.1 Å². The smallest absolute Gasteiger partial charge is 0.276 e. The van der Waals surface area contributed by atoms with Crippen LogP contribution in [0.1, 0.15) is 40.7 Å². The Hall–Kier alpha value is -3.68. The van der Waals surface area contributed by atoms with E-state index in [-0.39, 0.29) is 5.91 Å². The number of hydrogen-bond donors (Lipinski definition) is 0. The number of pyridine rings is 2. The quantitative estimate of drug-likeness (QED) is 0.520. The number of likely N-dealkylation sites (tertiary alicyclic amines) is 1. The van der Waals surface area contributed by atoms with Gasteiger partial charge in [-0.3, -0.25) is 4.79 Å². The fourth-order valence-corrected chi connectivity index (χ4v) is 3.87. The van der Waals surface area contributed by atoms with Gasteiger partial charge in [-0.15, -0.1) is 0 Å². The number of carbonyl (C=O) groups excluding carboxylic acids is 1. The number of rotatable bonds is 3. The number of amides is 1. The van der Waals surface area contributed by atoms with Gasteiger partial charge in [-0.05, 0) is 38.0 Å². The Morgan fingerprint density at radius 2 is 1.87 bits per heavy atom. The van der Waals surface area contributed by atoms with Gasteiger partial charge in [0.15, 0.2) is 11.3 Å². The van der Waals surface area contributed by atoms with Crippen molar-refractivity contribution in [3.63, 3.8) is 0 Å². The van der Waals surface area contributed by atoms with Crippen LogP contribution in [0.4, 0.5) is 0 Å². The molecule has 4 aromatic heterocycles. The predicted octanol–water partition coefficient (Wildman–Crippen LogP) is 3.40. The van der Waals surface area contributed by atoms with E-state index in [2.05, 4.69) is 38.3 Å². The zero-order valence-corrected chi connectivity index (χ0v) is 16.5. The van der Waals surface area contributed by atoms with Crippen LogP contribution in [-0.4, -0.2) is 49.0 Å². The summed E-state index contributed by atoms with van der Waals surface area (Å²) in [6.45, 7) is 3.14. The summed E-state index contributed by atoms with van der Waals surface area (Å²) in [7, 11) is 0. The molecule has 1 aliphatic heterocycles. The molecule has 1 amide bonds. The zero-order chi connectivity index (χ0) is 20.5. The van der Waals surface area contributed by atoms with E-state index in [1.165, 1.54) is 6.33 Å². The third-order valence-corrected chi connectivity index (χ3v) is 5.51. The molecule has 30 heavy (non-hydrogen) atoms. The van der Waals surface area contributed by atoms with Gasteiger partial charge < -0.3 is 9.42 Å². The van der Waals surface area contributed by atoms with E-state index < -0.39 is 0 Å². The second kappa shape index (κ2) is 7.62. The first-order valence-electron chi connectivity index (χ1n) is 9.92. The summed E-state index contributed by atoms with van der Waals surface area (Å²) < 4.78 is 5.02. The van der Waals surface area contributed by atoms with Crippen LogP contribution in [-0.2, 0) is 0 Å². The van der Waals surface area contributed by atoms with Crippen LogP contribution in [0.3, 0.4) is 0 Å². The van der Waals surface area contributed by atoms with Gasteiger partial charge in [0.2, 0.25) is 0 Å². The fourth-order valence-electron chi connectivity index (χ4n) is 3.87. The van der Waals surface area contributed by atoms with Crippen molar-refractivity contribution in [2.75, 3.05) is 13.1 Å². The summed E-state index contributed by atoms with van der Waals surface area (Å²) in [6, 6.07) is 7.87. The van der Waals surface area contributed by atoms with Gasteiger partial charge in [0.25, 0.3) is 5.91 Å². The number of fused-ring (bicyclic) bond motifs is 1. The van der Waals surface area contributed by atoms with Crippen molar-refractivity contribution in [1.82, 2.24) is 30.0 Å². The van der Waals surface area contributed by atoms with Gasteiger partial charge in [0.05, 0.1) is 0 Å². The van der Waals surface area contributed by atoms with E-state index in [4.69, 9.17) is 9.51 Å². The van der Waals surface area contributed by atoms with E-state index >= 15 is 0 Å². The second-order valence-corrected chi connectivity index (χ2v) is 7.52. The van der Waals surface area contributed by atoms with Gasteiger partial charge in [-0.1, -0.05) is 5.16 Å². The molecule has 5 heterocycles. The summed E-state index contributed by atoms with van der Waals surface area (Å²) in [5, 5.41) is 4.82. The molecule has 0 N–H and O–H groups in total. The standard InChI is InChI=1S/C22H20N6O2/c1-14-8-20(27-30-14)22(29)28-6-4-15(5-7-28)19-3-2-16-9-17(12-25-21(16)26-19)18-10-23-13-24-11-18/h2-3,8-13,15H,4-7H2,1H3. The maximum Gasteiger partial charge on any atom is 0.276 e. The van der Waals surface area contributed by atoms with Crippen LogP contribution >= 0.6 is 0 Å². The molecule has 0 atom stereocenters. The Bertz CT molecular complexity index is 1200. The predicted molar refractivity (Wildman–Crippen MR) is 110 cm³/mol. The number of hydrogen-bond acceptors (Lipinski definition) is 7. The first-order chi connectivity index (χ1) is 14.7. The third kappa shape index (κ3) is 3.52. The van der Waals surface area contributed by atoms with Crippen molar-refractivity contribution in [3.8, 4) is 11.1 Å². The molecular weight excluding hydrogens is 380 g/mol. The largest absolute Gasteiger partial charge is 0.361 e. The highest BCUT2D eigenvalue weighted by molar-refractivity contribution is 5.92. The topological polar surface area (TPSA) is 97.9 Å². The van der Waals surface area contributed by atoms with E-state index in [9.17, 15) is 4.79 Å². The summed E-state index contributed by atoms with van der Waals surface area (Å²) >= 11 is 0. The lowest BCUT2D eigenvalue weighted by atomic mass is 9.92. The molecule has 150 valence electrons. The molecule has 0 aliphatic carbocycles. The number of aryl methyl sites for hydroxylation is 1. The van der Waals surface area contributed by atoms with Crippen molar-refractivity contribution >= 4 is 16.9 Å². The molecular formula is C22H20N6O2. The average molecular weight is 400 g/mol. The molecule has 1 fully saturated rings. The molecule has 5 rings (SSSR count). The summed E-state index contributed by atoms with van der Waals surface area (Å²) in [5.41, 5.74) is 4.02. The van der Waals surface area contributed by atoms with Crippen LogP contribution in [0.5, 0.6) is 0 Å². The highest BCUT2D eigenvalue weighted by Gasteiger charge is 2.27. The number of aromatic nitrogens is 5. The van der Waals surface area contributed by atoms with Crippen molar-refractivity contribution in [1.29, 1.82) is 0 Å². The fraction of sp³-hybridized carbons (Fsp3) is 0.273. The normalized spacial score (nSPS) is 14.9. The van der Waals surface area contributed by atoms with Crippen LogP contribution in [0.15, 0.2) is 53.7 Å². The van der Waals surface area contributed by atoms with Crippen molar-refractivity contribution in [2.45, 2.75) is 25.7 Å². The molecule has 1 aliphatic rings. The molecule has 8 heteroatoms. The van der Waals surface area contributed by atoms with Gasteiger partial charge in [-0.2, -0.15) is 0 Å². The van der Waals surface area contributed by atoms with E-state index in [0.717, 1.165) is 40.7 Å². The Labute approximate surface area is 173 Å². The van der Waals surface area contributed by atoms with Crippen molar-refractivity contribution in [2.24, 2.45) is 0 Å². The minimum atomic E-state index is -0.0733. The average Bonchev–Trinajstić information content (AvgIpc) is 3.25. The lowest BCUT2D eigenvalue weighted by Crippen LogP contribution is -2.38. The maximum atomic E-state index is 12.5. The van der Waals surface area contributed by atoms with Crippen LogP contribution in [0.2, 0.25) is 0 Å². The number of carbonyl (C=O) groups is 1. The van der Waals surface area contributed by atoms with E-state index in [1.54, 1.807) is 31.6 Å². The minimum Gasteiger partial charge on any atom is -0.361 e. The van der Waals surface area contributed by atoms with E-state index in [0.29, 0.717) is 30.5 Å². The van der Waals surface area contributed by atoms with Crippen molar-refractivity contribution < 1.29 is 9.32 Å². The Morgan fingerprint density at radius 1 is 1.07 bits per heavy atom. The molecule has 0 aromatic carbocycles. The minimum absolute atomic E-state index is 0.0733. The lowest BCUT2D eigenvalue weighted by Gasteiger charge is -2.31.